The van der Waals surface area contributed by atoms with Crippen LogP contribution in [0, 0.1) is 0 Å². The van der Waals surface area contributed by atoms with E-state index in [0.29, 0.717) is 41.9 Å². The zero-order chi connectivity index (χ0) is 18.9. The van der Waals surface area contributed by atoms with Crippen molar-refractivity contribution in [1.82, 2.24) is 0 Å². The van der Waals surface area contributed by atoms with Gasteiger partial charge in [0.15, 0.2) is 18.0 Å². The van der Waals surface area contributed by atoms with Gasteiger partial charge < -0.3 is 24.4 Å². The molecule has 0 aliphatic carbocycles. The second kappa shape index (κ2) is 9.89. The fourth-order valence-electron chi connectivity index (χ4n) is 2.36. The number of amides is 1. The summed E-state index contributed by atoms with van der Waals surface area (Å²) in [5, 5.41) is 3.54. The number of anilines is 1. The van der Waals surface area contributed by atoms with Crippen molar-refractivity contribution in [2.75, 3.05) is 46.3 Å². The maximum atomic E-state index is 12.2. The van der Waals surface area contributed by atoms with Crippen LogP contribution >= 0.6 is 11.6 Å². The highest BCUT2D eigenvalue weighted by atomic mass is 35.5. The van der Waals surface area contributed by atoms with Gasteiger partial charge in [-0.2, -0.15) is 0 Å². The number of carbonyl (C=O) groups excluding carboxylic acids is 1. The highest BCUT2D eigenvalue weighted by Gasteiger charge is 2.12. The predicted octanol–water partition coefficient (Wildman–Crippen LogP) is 1.89. The minimum atomic E-state index is -0.0822. The lowest BCUT2D eigenvalue weighted by Crippen LogP contribution is -3.10. The molecule has 26 heavy (non-hydrogen) atoms. The zero-order valence-corrected chi connectivity index (χ0v) is 15.9. The number of nitrogens with one attached hydrogen (secondary N) is 2. The van der Waals surface area contributed by atoms with Crippen LogP contribution in [-0.4, -0.2) is 46.9 Å². The molecule has 0 aliphatic rings. The number of quaternary nitrogens is 1. The Morgan fingerprint density at radius 1 is 1.08 bits per heavy atom. The third-order valence-electron chi connectivity index (χ3n) is 3.74. The number of benzene rings is 2. The lowest BCUT2D eigenvalue weighted by molar-refractivity contribution is -0.871. The van der Waals surface area contributed by atoms with E-state index in [9.17, 15) is 4.79 Å². The van der Waals surface area contributed by atoms with Crippen LogP contribution in [0.1, 0.15) is 0 Å². The number of methoxy groups -OCH3 is 2. The summed E-state index contributed by atoms with van der Waals surface area (Å²) in [5.41, 5.74) is 0.665. The average molecular weight is 380 g/mol. The van der Waals surface area contributed by atoms with Crippen molar-refractivity contribution in [3.8, 4) is 17.2 Å². The van der Waals surface area contributed by atoms with Gasteiger partial charge in [-0.3, -0.25) is 4.79 Å². The summed E-state index contributed by atoms with van der Waals surface area (Å²) in [6, 6.07) is 12.5. The summed E-state index contributed by atoms with van der Waals surface area (Å²) in [4.78, 5) is 13.2. The molecule has 1 atom stereocenters. The molecule has 0 heterocycles. The van der Waals surface area contributed by atoms with E-state index in [-0.39, 0.29) is 5.91 Å². The van der Waals surface area contributed by atoms with Crippen LogP contribution in [0.5, 0.6) is 17.2 Å². The summed E-state index contributed by atoms with van der Waals surface area (Å²) in [7, 11) is 5.07. The van der Waals surface area contributed by atoms with Crippen LogP contribution in [0.2, 0.25) is 5.02 Å². The summed E-state index contributed by atoms with van der Waals surface area (Å²) < 4.78 is 16.1. The fraction of sp³-hybridized carbons (Fsp3) is 0.316. The van der Waals surface area contributed by atoms with E-state index < -0.39 is 0 Å². The Kier molecular flexibility index (Phi) is 7.56. The third-order valence-corrected chi connectivity index (χ3v) is 3.99. The molecule has 140 valence electrons. The van der Waals surface area contributed by atoms with Gasteiger partial charge >= 0.3 is 0 Å². The van der Waals surface area contributed by atoms with Crippen molar-refractivity contribution in [2.45, 2.75) is 0 Å². The van der Waals surface area contributed by atoms with Gasteiger partial charge in [0.05, 0.1) is 21.3 Å². The van der Waals surface area contributed by atoms with Crippen LogP contribution < -0.4 is 24.4 Å². The van der Waals surface area contributed by atoms with Crippen molar-refractivity contribution in [3.63, 3.8) is 0 Å². The van der Waals surface area contributed by atoms with Crippen LogP contribution in [0.4, 0.5) is 5.69 Å². The molecule has 0 radical (unpaired) electrons. The Morgan fingerprint density at radius 2 is 1.77 bits per heavy atom. The number of ether oxygens (including phenoxy) is 3. The van der Waals surface area contributed by atoms with Gasteiger partial charge in [0.1, 0.15) is 18.9 Å². The summed E-state index contributed by atoms with van der Waals surface area (Å²) in [6.07, 6.45) is 0. The Bertz CT molecular complexity index is 722. The zero-order valence-electron chi connectivity index (χ0n) is 15.2. The monoisotopic (exact) mass is 379 g/mol. The standard InChI is InChI=1S/C19H23ClN2O4/c1-22(10-11-26-16-7-4-14(20)5-8-16)13-19(23)21-15-6-9-17(24-2)18(12-15)25-3/h4-9,12H,10-11,13H2,1-3H3,(H,21,23)/p+1. The number of hydrogen-bond donors (Lipinski definition) is 2. The fourth-order valence-corrected chi connectivity index (χ4v) is 2.48. The molecule has 0 saturated heterocycles. The first kappa shape index (κ1) is 19.9. The lowest BCUT2D eigenvalue weighted by atomic mass is 10.2. The number of likely N-dealkylation sites (N-methyl/N-ethyl adjacent to an activating group) is 1. The van der Waals surface area contributed by atoms with Crippen molar-refractivity contribution in [1.29, 1.82) is 0 Å². The maximum Gasteiger partial charge on any atom is 0.279 e. The number of rotatable bonds is 9. The Balaban J connectivity index is 1.77. The minimum Gasteiger partial charge on any atom is -0.493 e. The molecular weight excluding hydrogens is 356 g/mol. The first-order valence-electron chi connectivity index (χ1n) is 8.23. The Morgan fingerprint density at radius 3 is 2.42 bits per heavy atom. The SMILES string of the molecule is COc1ccc(NC(=O)C[NH+](C)CCOc2ccc(Cl)cc2)cc1OC. The molecule has 0 aliphatic heterocycles. The molecule has 0 aromatic heterocycles. The van der Waals surface area contributed by atoms with Gasteiger partial charge in [-0.05, 0) is 36.4 Å². The highest BCUT2D eigenvalue weighted by Crippen LogP contribution is 2.29. The molecule has 0 spiro atoms. The maximum absolute atomic E-state index is 12.2. The molecule has 2 aromatic rings. The summed E-state index contributed by atoms with van der Waals surface area (Å²) in [5.74, 6) is 1.87. The van der Waals surface area contributed by atoms with Crippen molar-refractivity contribution >= 4 is 23.2 Å². The van der Waals surface area contributed by atoms with E-state index in [1.54, 1.807) is 44.6 Å². The highest BCUT2D eigenvalue weighted by molar-refractivity contribution is 6.30. The molecule has 2 rings (SSSR count). The molecule has 2 aromatic carbocycles. The molecule has 0 saturated carbocycles. The van der Waals surface area contributed by atoms with E-state index in [1.165, 1.54) is 0 Å². The van der Waals surface area contributed by atoms with Crippen LogP contribution in [0.15, 0.2) is 42.5 Å². The normalized spacial score (nSPS) is 11.5. The van der Waals surface area contributed by atoms with Gasteiger partial charge in [-0.1, -0.05) is 11.6 Å². The van der Waals surface area contributed by atoms with E-state index in [1.807, 2.05) is 19.2 Å². The van der Waals surface area contributed by atoms with Gasteiger partial charge in [-0.25, -0.2) is 0 Å². The lowest BCUT2D eigenvalue weighted by Gasteiger charge is -2.15. The van der Waals surface area contributed by atoms with E-state index in [0.717, 1.165) is 10.6 Å². The van der Waals surface area contributed by atoms with Crippen molar-refractivity contribution in [3.05, 3.63) is 47.5 Å². The van der Waals surface area contributed by atoms with Gasteiger partial charge in [-0.15, -0.1) is 0 Å². The first-order chi connectivity index (χ1) is 12.5. The van der Waals surface area contributed by atoms with E-state index in [2.05, 4.69) is 5.32 Å². The largest absolute Gasteiger partial charge is 0.493 e. The second-order valence-corrected chi connectivity index (χ2v) is 6.24. The second-order valence-electron chi connectivity index (χ2n) is 5.80. The molecule has 7 heteroatoms. The predicted molar refractivity (Wildman–Crippen MR) is 102 cm³/mol. The minimum absolute atomic E-state index is 0.0822. The number of carbonyl (C=O) groups is 1. The smallest absolute Gasteiger partial charge is 0.279 e. The molecule has 1 amide bonds. The van der Waals surface area contributed by atoms with Crippen molar-refractivity contribution < 1.29 is 23.9 Å². The average Bonchev–Trinajstić information content (AvgIpc) is 2.63. The molecule has 1 unspecified atom stereocenters. The van der Waals surface area contributed by atoms with Crippen LogP contribution in [0.3, 0.4) is 0 Å². The van der Waals surface area contributed by atoms with Crippen molar-refractivity contribution in [2.24, 2.45) is 0 Å². The molecule has 0 bridgehead atoms. The van der Waals surface area contributed by atoms with Gasteiger partial charge in [0, 0.05) is 16.8 Å². The third kappa shape index (κ3) is 6.13. The topological polar surface area (TPSA) is 61.2 Å². The van der Waals surface area contributed by atoms with Crippen LogP contribution in [-0.2, 0) is 4.79 Å². The molecular formula is C19H24ClN2O4+. The number of halogens is 1. The van der Waals surface area contributed by atoms with E-state index >= 15 is 0 Å². The number of hydrogen-bond acceptors (Lipinski definition) is 4. The molecule has 6 nitrogen and oxygen atoms in total. The molecule has 0 fully saturated rings. The van der Waals surface area contributed by atoms with E-state index in [4.69, 9.17) is 25.8 Å². The van der Waals surface area contributed by atoms with Gasteiger partial charge in [0.25, 0.3) is 5.91 Å². The summed E-state index contributed by atoms with van der Waals surface area (Å²) >= 11 is 5.84. The van der Waals surface area contributed by atoms with Gasteiger partial charge in [0.2, 0.25) is 0 Å². The van der Waals surface area contributed by atoms with Crippen LogP contribution in [0.25, 0.3) is 0 Å². The first-order valence-corrected chi connectivity index (χ1v) is 8.61. The Hall–Kier alpha value is -2.44. The Labute approximate surface area is 158 Å². The summed E-state index contributed by atoms with van der Waals surface area (Å²) in [6.45, 7) is 1.54. The molecule has 2 N–H and O–H groups in total. The quantitative estimate of drug-likeness (QED) is 0.698.